The van der Waals surface area contributed by atoms with Crippen LogP contribution >= 0.6 is 0 Å². The molecular formula is C19H19F2NO4. The summed E-state index contributed by atoms with van der Waals surface area (Å²) in [6.45, 7) is -0.977. The zero-order valence-corrected chi connectivity index (χ0v) is 14.2. The molecule has 0 radical (unpaired) electrons. The van der Waals surface area contributed by atoms with E-state index in [0.29, 0.717) is 12.1 Å². The Balaban J connectivity index is 1.72. The summed E-state index contributed by atoms with van der Waals surface area (Å²) in [6.07, 6.45) is -0.0694. The van der Waals surface area contributed by atoms with Gasteiger partial charge in [0.25, 0.3) is 5.91 Å². The maximum Gasteiger partial charge on any atom is 0.387 e. The van der Waals surface area contributed by atoms with E-state index < -0.39 is 18.5 Å². The van der Waals surface area contributed by atoms with Crippen LogP contribution in [0.15, 0.2) is 48.5 Å². The van der Waals surface area contributed by atoms with Gasteiger partial charge in [0.15, 0.2) is 6.61 Å². The summed E-state index contributed by atoms with van der Waals surface area (Å²) in [5, 5.41) is 2.68. The van der Waals surface area contributed by atoms with E-state index in [-0.39, 0.29) is 18.8 Å². The normalized spacial score (nSPS) is 10.5. The van der Waals surface area contributed by atoms with Gasteiger partial charge < -0.3 is 14.8 Å². The van der Waals surface area contributed by atoms with Crippen LogP contribution in [0.1, 0.15) is 16.7 Å². The molecule has 1 amide bonds. The molecule has 0 heterocycles. The summed E-state index contributed by atoms with van der Waals surface area (Å²) < 4.78 is 33.3. The van der Waals surface area contributed by atoms with Crippen molar-refractivity contribution in [1.29, 1.82) is 0 Å². The molecule has 0 unspecified atom stereocenters. The number of ether oxygens (including phenoxy) is 2. The van der Waals surface area contributed by atoms with E-state index in [1.165, 1.54) is 24.3 Å². The Kier molecular flexibility index (Phi) is 7.08. The van der Waals surface area contributed by atoms with Gasteiger partial charge in [-0.15, -0.1) is 0 Å². The number of carbonyl (C=O) groups excluding carboxylic acids is 2. The second-order valence-corrected chi connectivity index (χ2v) is 5.56. The smallest absolute Gasteiger partial charge is 0.387 e. The molecule has 0 aliphatic rings. The summed E-state index contributed by atoms with van der Waals surface area (Å²) in [5.74, 6) is -0.978. The Morgan fingerprint density at radius 3 is 2.42 bits per heavy atom. The van der Waals surface area contributed by atoms with Crippen molar-refractivity contribution in [3.8, 4) is 5.75 Å². The highest BCUT2D eigenvalue weighted by Crippen LogP contribution is 2.15. The van der Waals surface area contributed by atoms with E-state index in [1.54, 1.807) is 0 Å². The van der Waals surface area contributed by atoms with Crippen LogP contribution in [-0.4, -0.2) is 25.1 Å². The molecular weight excluding hydrogens is 344 g/mol. The molecule has 0 aromatic heterocycles. The second-order valence-electron chi connectivity index (χ2n) is 5.56. The number of benzene rings is 2. The summed E-state index contributed by atoms with van der Waals surface area (Å²) >= 11 is 0. The Labute approximate surface area is 149 Å². The Hall–Kier alpha value is -2.96. The fraction of sp³-hybridized carbons (Fsp3) is 0.263. The van der Waals surface area contributed by atoms with Gasteiger partial charge in [0.2, 0.25) is 0 Å². The van der Waals surface area contributed by atoms with E-state index in [1.807, 2.05) is 31.2 Å². The molecule has 2 aromatic carbocycles. The summed E-state index contributed by atoms with van der Waals surface area (Å²) in [6, 6.07) is 13.3. The van der Waals surface area contributed by atoms with Crippen LogP contribution in [0.4, 0.5) is 8.78 Å². The first-order valence-electron chi connectivity index (χ1n) is 7.94. The van der Waals surface area contributed by atoms with E-state index in [9.17, 15) is 18.4 Å². The predicted molar refractivity (Wildman–Crippen MR) is 90.8 cm³/mol. The lowest BCUT2D eigenvalue weighted by Crippen LogP contribution is -2.28. The number of carbonyl (C=O) groups is 2. The quantitative estimate of drug-likeness (QED) is 0.733. The zero-order valence-electron chi connectivity index (χ0n) is 14.2. The molecule has 7 heteroatoms. The number of halogens is 2. The Morgan fingerprint density at radius 1 is 1.08 bits per heavy atom. The first-order chi connectivity index (χ1) is 12.4. The second kappa shape index (κ2) is 9.50. The molecule has 0 saturated carbocycles. The van der Waals surface area contributed by atoms with Gasteiger partial charge in [-0.3, -0.25) is 9.59 Å². The average Bonchev–Trinajstić information content (AvgIpc) is 2.60. The third-order valence-electron chi connectivity index (χ3n) is 3.60. The molecule has 0 saturated heterocycles. The summed E-state index contributed by atoms with van der Waals surface area (Å²) in [5.41, 5.74) is 2.61. The molecule has 26 heavy (non-hydrogen) atoms. The van der Waals surface area contributed by atoms with Crippen molar-refractivity contribution in [3.63, 3.8) is 0 Å². The standard InChI is InChI=1S/C19H19F2NO4/c1-13-4-2-3-5-15(13)11-22-17(23)12-25-18(24)10-14-6-8-16(9-7-14)26-19(20)21/h2-9,19H,10-12H2,1H3,(H,22,23). The number of hydrogen-bond acceptors (Lipinski definition) is 4. The highest BCUT2D eigenvalue weighted by molar-refractivity contribution is 5.81. The van der Waals surface area contributed by atoms with Gasteiger partial charge in [-0.25, -0.2) is 0 Å². The van der Waals surface area contributed by atoms with Gasteiger partial charge in [-0.1, -0.05) is 36.4 Å². The first-order valence-corrected chi connectivity index (χ1v) is 7.94. The molecule has 0 spiro atoms. The number of esters is 1. The maximum absolute atomic E-state index is 12.1. The predicted octanol–water partition coefficient (Wildman–Crippen LogP) is 3.00. The molecule has 1 N–H and O–H groups in total. The van der Waals surface area contributed by atoms with Gasteiger partial charge in [-0.05, 0) is 35.7 Å². The van der Waals surface area contributed by atoms with E-state index in [4.69, 9.17) is 4.74 Å². The van der Waals surface area contributed by atoms with Crippen molar-refractivity contribution in [2.75, 3.05) is 6.61 Å². The van der Waals surface area contributed by atoms with Gasteiger partial charge in [0.05, 0.1) is 6.42 Å². The van der Waals surface area contributed by atoms with Gasteiger partial charge in [0, 0.05) is 6.54 Å². The maximum atomic E-state index is 12.1. The minimum absolute atomic E-state index is 0.00713. The lowest BCUT2D eigenvalue weighted by Gasteiger charge is -2.09. The van der Waals surface area contributed by atoms with Gasteiger partial charge in [-0.2, -0.15) is 8.78 Å². The van der Waals surface area contributed by atoms with E-state index in [0.717, 1.165) is 11.1 Å². The van der Waals surface area contributed by atoms with Gasteiger partial charge in [0.1, 0.15) is 5.75 Å². The van der Waals surface area contributed by atoms with Crippen molar-refractivity contribution in [1.82, 2.24) is 5.32 Å². The highest BCUT2D eigenvalue weighted by Gasteiger charge is 2.10. The fourth-order valence-corrected chi connectivity index (χ4v) is 2.21. The van der Waals surface area contributed by atoms with Crippen molar-refractivity contribution in [2.45, 2.75) is 26.5 Å². The monoisotopic (exact) mass is 363 g/mol. The van der Waals surface area contributed by atoms with Crippen LogP contribution in [0.2, 0.25) is 0 Å². The molecule has 0 aliphatic carbocycles. The molecule has 2 rings (SSSR count). The number of alkyl halides is 2. The SMILES string of the molecule is Cc1ccccc1CNC(=O)COC(=O)Cc1ccc(OC(F)F)cc1. The van der Waals surface area contributed by atoms with Crippen LogP contribution in [0.25, 0.3) is 0 Å². The van der Waals surface area contributed by atoms with E-state index >= 15 is 0 Å². The molecule has 0 bridgehead atoms. The van der Waals surface area contributed by atoms with Crippen LogP contribution in [0.3, 0.4) is 0 Å². The molecule has 138 valence electrons. The minimum Gasteiger partial charge on any atom is -0.455 e. The third-order valence-corrected chi connectivity index (χ3v) is 3.60. The van der Waals surface area contributed by atoms with Crippen molar-refractivity contribution in [2.24, 2.45) is 0 Å². The van der Waals surface area contributed by atoms with E-state index in [2.05, 4.69) is 10.1 Å². The molecule has 0 aliphatic heterocycles. The number of nitrogens with one attached hydrogen (secondary N) is 1. The van der Waals surface area contributed by atoms with Crippen LogP contribution in [-0.2, 0) is 27.3 Å². The molecule has 2 aromatic rings. The van der Waals surface area contributed by atoms with Crippen LogP contribution in [0.5, 0.6) is 5.75 Å². The fourth-order valence-electron chi connectivity index (χ4n) is 2.21. The highest BCUT2D eigenvalue weighted by atomic mass is 19.3. The lowest BCUT2D eigenvalue weighted by atomic mass is 10.1. The Morgan fingerprint density at radius 2 is 1.77 bits per heavy atom. The van der Waals surface area contributed by atoms with Crippen molar-refractivity contribution >= 4 is 11.9 Å². The lowest BCUT2D eigenvalue weighted by molar-refractivity contribution is -0.147. The van der Waals surface area contributed by atoms with Crippen molar-refractivity contribution in [3.05, 3.63) is 65.2 Å². The molecule has 5 nitrogen and oxygen atoms in total. The third kappa shape index (κ3) is 6.51. The van der Waals surface area contributed by atoms with Crippen LogP contribution < -0.4 is 10.1 Å². The van der Waals surface area contributed by atoms with Crippen molar-refractivity contribution < 1.29 is 27.8 Å². The first kappa shape index (κ1) is 19.4. The van der Waals surface area contributed by atoms with Gasteiger partial charge >= 0.3 is 12.6 Å². The summed E-state index contributed by atoms with van der Waals surface area (Å²) in [7, 11) is 0. The number of rotatable bonds is 8. The molecule has 0 atom stereocenters. The minimum atomic E-state index is -2.90. The number of hydrogen-bond donors (Lipinski definition) is 1. The van der Waals surface area contributed by atoms with Crippen LogP contribution in [0, 0.1) is 6.92 Å². The Bertz CT molecular complexity index is 747. The molecule has 0 fully saturated rings. The number of amides is 1. The number of aryl methyl sites for hydroxylation is 1. The zero-order chi connectivity index (χ0) is 18.9. The topological polar surface area (TPSA) is 64.6 Å². The average molecular weight is 363 g/mol. The largest absolute Gasteiger partial charge is 0.455 e. The summed E-state index contributed by atoms with van der Waals surface area (Å²) in [4.78, 5) is 23.5.